The van der Waals surface area contributed by atoms with Crippen LogP contribution in [-0.4, -0.2) is 53.5 Å². The van der Waals surface area contributed by atoms with Crippen LogP contribution in [0.1, 0.15) is 35.7 Å². The topological polar surface area (TPSA) is 148 Å². The van der Waals surface area contributed by atoms with Crippen molar-refractivity contribution in [3.8, 4) is 0 Å². The zero-order chi connectivity index (χ0) is 26.7. The molecule has 192 valence electrons. The van der Waals surface area contributed by atoms with Gasteiger partial charge < -0.3 is 25.2 Å². The first-order chi connectivity index (χ1) is 17.1. The summed E-state index contributed by atoms with van der Waals surface area (Å²) in [5.74, 6) is -3.69. The lowest BCUT2D eigenvalue weighted by atomic mass is 10.1. The van der Waals surface area contributed by atoms with Gasteiger partial charge in [-0.05, 0) is 31.0 Å². The van der Waals surface area contributed by atoms with Crippen molar-refractivity contribution in [1.82, 2.24) is 10.6 Å². The standard InChI is InChI=1S/C24H24Cl2N2O8/c1-14(27-24(34)36-12-15-6-3-2-4-7-15)22(32)28-18(10-11-20(30)31)19(29)13-35-23(33)21-16(25)8-5-9-17(21)26/h2-9,14,18H,10-13H2,1H3,(H,27,34)(H,28,32)(H,30,31)/t14-,18-/m0/s1. The molecule has 0 aliphatic carbocycles. The zero-order valence-electron chi connectivity index (χ0n) is 19.2. The minimum atomic E-state index is -1.30. The number of hydrogen-bond donors (Lipinski definition) is 3. The third-order valence-electron chi connectivity index (χ3n) is 4.80. The summed E-state index contributed by atoms with van der Waals surface area (Å²) in [7, 11) is 0. The molecule has 3 N–H and O–H groups in total. The van der Waals surface area contributed by atoms with Gasteiger partial charge >= 0.3 is 18.0 Å². The number of nitrogens with one attached hydrogen (secondary N) is 2. The van der Waals surface area contributed by atoms with Gasteiger partial charge in [0.25, 0.3) is 0 Å². The van der Waals surface area contributed by atoms with Crippen LogP contribution in [0.5, 0.6) is 0 Å². The maximum atomic E-state index is 12.6. The molecule has 2 rings (SSSR count). The molecule has 2 atom stereocenters. The molecule has 0 aliphatic rings. The summed E-state index contributed by atoms with van der Waals surface area (Å²) < 4.78 is 10.0. The number of Topliss-reactive ketones (excluding diaryl/α,β-unsaturated/α-hetero) is 1. The summed E-state index contributed by atoms with van der Waals surface area (Å²) in [6.07, 6.45) is -1.57. The lowest BCUT2D eigenvalue weighted by Gasteiger charge is -2.20. The smallest absolute Gasteiger partial charge is 0.408 e. The molecular weight excluding hydrogens is 515 g/mol. The number of carboxylic acids is 1. The largest absolute Gasteiger partial charge is 0.481 e. The monoisotopic (exact) mass is 538 g/mol. The van der Waals surface area contributed by atoms with E-state index in [2.05, 4.69) is 10.6 Å². The van der Waals surface area contributed by atoms with Crippen LogP contribution in [0.2, 0.25) is 10.0 Å². The average molecular weight is 539 g/mol. The number of amides is 2. The summed E-state index contributed by atoms with van der Waals surface area (Å²) in [4.78, 5) is 60.5. The van der Waals surface area contributed by atoms with E-state index in [0.29, 0.717) is 0 Å². The summed E-state index contributed by atoms with van der Waals surface area (Å²) in [5, 5.41) is 13.7. The molecule has 0 fully saturated rings. The molecule has 0 heterocycles. The molecular formula is C24H24Cl2N2O8. The molecule has 0 radical (unpaired) electrons. The fourth-order valence-electron chi connectivity index (χ4n) is 2.89. The van der Waals surface area contributed by atoms with Gasteiger partial charge in [-0.1, -0.05) is 59.6 Å². The van der Waals surface area contributed by atoms with Crippen LogP contribution in [0, 0.1) is 0 Å². The molecule has 0 spiro atoms. The Labute approximate surface area is 216 Å². The Morgan fingerprint density at radius 2 is 1.56 bits per heavy atom. The van der Waals surface area contributed by atoms with E-state index in [9.17, 15) is 24.0 Å². The third-order valence-corrected chi connectivity index (χ3v) is 5.43. The van der Waals surface area contributed by atoms with Gasteiger partial charge in [-0.2, -0.15) is 0 Å². The van der Waals surface area contributed by atoms with Gasteiger partial charge in [-0.25, -0.2) is 9.59 Å². The molecule has 0 saturated carbocycles. The number of rotatable bonds is 12. The predicted octanol–water partition coefficient (Wildman–Crippen LogP) is 3.38. The summed E-state index contributed by atoms with van der Waals surface area (Å²) in [6, 6.07) is 10.8. The SMILES string of the molecule is C[C@H](NC(=O)OCc1ccccc1)C(=O)N[C@@H](CCC(=O)O)C(=O)COC(=O)c1c(Cl)cccc1Cl. The van der Waals surface area contributed by atoms with E-state index < -0.39 is 54.8 Å². The number of hydrogen-bond acceptors (Lipinski definition) is 7. The number of alkyl carbamates (subject to hydrolysis) is 1. The fourth-order valence-corrected chi connectivity index (χ4v) is 3.44. The number of ether oxygens (including phenoxy) is 2. The predicted molar refractivity (Wildman–Crippen MR) is 130 cm³/mol. The van der Waals surface area contributed by atoms with E-state index >= 15 is 0 Å². The van der Waals surface area contributed by atoms with Crippen LogP contribution in [0.3, 0.4) is 0 Å². The van der Waals surface area contributed by atoms with Crippen molar-refractivity contribution in [2.75, 3.05) is 6.61 Å². The Bertz CT molecular complexity index is 1090. The Balaban J connectivity index is 1.94. The van der Waals surface area contributed by atoms with Crippen LogP contribution in [-0.2, 0) is 30.5 Å². The van der Waals surface area contributed by atoms with Crippen LogP contribution in [0.4, 0.5) is 4.79 Å². The number of ketones is 1. The van der Waals surface area contributed by atoms with Crippen molar-refractivity contribution >= 4 is 52.9 Å². The normalized spacial score (nSPS) is 12.1. The van der Waals surface area contributed by atoms with Crippen LogP contribution < -0.4 is 10.6 Å². The molecule has 2 amide bonds. The van der Waals surface area contributed by atoms with Crippen LogP contribution in [0.25, 0.3) is 0 Å². The molecule has 2 aromatic rings. The van der Waals surface area contributed by atoms with E-state index in [0.717, 1.165) is 5.56 Å². The lowest BCUT2D eigenvalue weighted by molar-refractivity contribution is -0.138. The van der Waals surface area contributed by atoms with Crippen molar-refractivity contribution in [1.29, 1.82) is 0 Å². The molecule has 12 heteroatoms. The highest BCUT2D eigenvalue weighted by Gasteiger charge is 2.27. The van der Waals surface area contributed by atoms with Crippen molar-refractivity contribution in [2.24, 2.45) is 0 Å². The first-order valence-corrected chi connectivity index (χ1v) is 11.5. The molecule has 2 aromatic carbocycles. The molecule has 36 heavy (non-hydrogen) atoms. The fraction of sp³-hybridized carbons (Fsp3) is 0.292. The van der Waals surface area contributed by atoms with Gasteiger partial charge in [-0.3, -0.25) is 14.4 Å². The number of halogens is 2. The minimum absolute atomic E-state index is 0.0124. The minimum Gasteiger partial charge on any atom is -0.481 e. The Kier molecular flexibility index (Phi) is 11.2. The molecule has 0 bridgehead atoms. The Morgan fingerprint density at radius 3 is 2.17 bits per heavy atom. The Morgan fingerprint density at radius 1 is 0.917 bits per heavy atom. The van der Waals surface area contributed by atoms with Gasteiger partial charge in [0, 0.05) is 6.42 Å². The number of benzene rings is 2. The quantitative estimate of drug-likeness (QED) is 0.348. The van der Waals surface area contributed by atoms with Crippen molar-refractivity contribution in [2.45, 2.75) is 38.5 Å². The second kappa shape index (κ2) is 14.1. The van der Waals surface area contributed by atoms with Gasteiger partial charge in [0.1, 0.15) is 12.6 Å². The second-order valence-electron chi connectivity index (χ2n) is 7.56. The van der Waals surface area contributed by atoms with Crippen molar-refractivity contribution in [3.05, 3.63) is 69.7 Å². The number of carbonyl (C=O) groups excluding carboxylic acids is 4. The maximum Gasteiger partial charge on any atom is 0.408 e. The number of esters is 1. The lowest BCUT2D eigenvalue weighted by Crippen LogP contribution is -2.51. The number of aliphatic carboxylic acids is 1. The number of carboxylic acid groups (broad SMARTS) is 1. The summed E-state index contributed by atoms with van der Waals surface area (Å²) in [5.41, 5.74) is 0.614. The first-order valence-electron chi connectivity index (χ1n) is 10.7. The molecule has 0 saturated heterocycles. The molecule has 0 aliphatic heterocycles. The first kappa shape index (κ1) is 28.6. The maximum absolute atomic E-state index is 12.6. The van der Waals surface area contributed by atoms with E-state index in [1.165, 1.54) is 25.1 Å². The summed E-state index contributed by atoms with van der Waals surface area (Å²) in [6.45, 7) is 0.574. The highest BCUT2D eigenvalue weighted by Crippen LogP contribution is 2.25. The van der Waals surface area contributed by atoms with Gasteiger partial charge in [-0.15, -0.1) is 0 Å². The van der Waals surface area contributed by atoms with Crippen LogP contribution in [0.15, 0.2) is 48.5 Å². The molecule has 0 aromatic heterocycles. The van der Waals surface area contributed by atoms with E-state index in [1.807, 2.05) is 6.07 Å². The highest BCUT2D eigenvalue weighted by molar-refractivity contribution is 6.39. The number of carbonyl (C=O) groups is 5. The van der Waals surface area contributed by atoms with Gasteiger partial charge in [0.2, 0.25) is 5.91 Å². The van der Waals surface area contributed by atoms with Gasteiger partial charge in [0.05, 0.1) is 21.7 Å². The van der Waals surface area contributed by atoms with Crippen LogP contribution >= 0.6 is 23.2 Å². The van der Waals surface area contributed by atoms with E-state index in [1.54, 1.807) is 24.3 Å². The summed E-state index contributed by atoms with van der Waals surface area (Å²) >= 11 is 11.9. The molecule has 10 nitrogen and oxygen atoms in total. The van der Waals surface area contributed by atoms with E-state index in [-0.39, 0.29) is 28.6 Å². The molecule has 0 unspecified atom stereocenters. The van der Waals surface area contributed by atoms with Gasteiger partial charge in [0.15, 0.2) is 12.4 Å². The average Bonchev–Trinajstić information content (AvgIpc) is 2.84. The third kappa shape index (κ3) is 9.20. The highest BCUT2D eigenvalue weighted by atomic mass is 35.5. The van der Waals surface area contributed by atoms with Crippen molar-refractivity contribution in [3.63, 3.8) is 0 Å². The van der Waals surface area contributed by atoms with Crippen molar-refractivity contribution < 1.29 is 38.6 Å². The zero-order valence-corrected chi connectivity index (χ0v) is 20.7. The second-order valence-corrected chi connectivity index (χ2v) is 8.37. The van der Waals surface area contributed by atoms with E-state index in [4.69, 9.17) is 37.8 Å². The Hall–Kier alpha value is -3.63.